The number of sulfonamides is 1. The minimum atomic E-state index is -3.55. The molecule has 2 rings (SSSR count). The van der Waals surface area contributed by atoms with Crippen LogP contribution in [0.3, 0.4) is 0 Å². The second kappa shape index (κ2) is 8.46. The molecule has 2 aromatic rings. The molecule has 0 saturated heterocycles. The smallest absolute Gasteiger partial charge is 0.338 e. The van der Waals surface area contributed by atoms with Crippen LogP contribution in [-0.2, 0) is 21.4 Å². The number of ether oxygens (including phenoxy) is 2. The zero-order valence-electron chi connectivity index (χ0n) is 13.8. The van der Waals surface area contributed by atoms with Crippen LogP contribution in [-0.4, -0.2) is 28.0 Å². The van der Waals surface area contributed by atoms with E-state index in [2.05, 4.69) is 20.7 Å². The van der Waals surface area contributed by atoms with E-state index in [4.69, 9.17) is 9.47 Å². The van der Waals surface area contributed by atoms with Gasteiger partial charge in [0.05, 0.1) is 17.6 Å². The van der Waals surface area contributed by atoms with Gasteiger partial charge < -0.3 is 9.47 Å². The summed E-state index contributed by atoms with van der Waals surface area (Å²) in [7, 11) is -2.01. The van der Waals surface area contributed by atoms with Crippen LogP contribution in [0.4, 0.5) is 0 Å². The molecule has 0 heterocycles. The van der Waals surface area contributed by atoms with Crippen molar-refractivity contribution in [1.29, 1.82) is 0 Å². The Morgan fingerprint density at radius 2 is 1.84 bits per heavy atom. The Morgan fingerprint density at radius 3 is 2.44 bits per heavy atom. The Balaban J connectivity index is 2.08. The zero-order valence-corrected chi connectivity index (χ0v) is 16.2. The molecular weight excluding hydrogens is 410 g/mol. The lowest BCUT2D eigenvalue weighted by Crippen LogP contribution is -2.23. The summed E-state index contributed by atoms with van der Waals surface area (Å²) in [5.41, 5.74) is 0.987. The van der Waals surface area contributed by atoms with Gasteiger partial charge in [-0.05, 0) is 42.5 Å². The lowest BCUT2D eigenvalue weighted by molar-refractivity contribution is 0.0470. The predicted octanol–water partition coefficient (Wildman–Crippen LogP) is 3.11. The van der Waals surface area contributed by atoms with Crippen molar-refractivity contribution in [3.8, 4) is 5.75 Å². The van der Waals surface area contributed by atoms with E-state index in [1.54, 1.807) is 19.1 Å². The fourth-order valence-electron chi connectivity index (χ4n) is 2.13. The second-order valence-corrected chi connectivity index (χ2v) is 7.74. The van der Waals surface area contributed by atoms with Crippen molar-refractivity contribution < 1.29 is 22.7 Å². The van der Waals surface area contributed by atoms with Crippen LogP contribution in [0, 0.1) is 0 Å². The average Bonchev–Trinajstić information content (AvgIpc) is 2.60. The molecule has 0 unspecified atom stereocenters. The maximum atomic E-state index is 12.1. The van der Waals surface area contributed by atoms with Gasteiger partial charge in [0.15, 0.2) is 0 Å². The SMILES string of the molecule is CCNS(=O)(=O)c1ccc(C(=O)OCc2cc(Br)ccc2OC)cc1. The molecule has 0 aliphatic carbocycles. The Bertz CT molecular complexity index is 850. The topological polar surface area (TPSA) is 81.7 Å². The van der Waals surface area contributed by atoms with Crippen LogP contribution in [0.5, 0.6) is 5.75 Å². The third kappa shape index (κ3) is 5.04. The van der Waals surface area contributed by atoms with Crippen LogP contribution < -0.4 is 9.46 Å². The summed E-state index contributed by atoms with van der Waals surface area (Å²) in [6, 6.07) is 11.0. The van der Waals surface area contributed by atoms with Crippen LogP contribution in [0.15, 0.2) is 51.8 Å². The average molecular weight is 428 g/mol. The summed E-state index contributed by atoms with van der Waals surface area (Å²) in [5.74, 6) is 0.0671. The van der Waals surface area contributed by atoms with Crippen molar-refractivity contribution in [3.63, 3.8) is 0 Å². The third-order valence-corrected chi connectivity index (χ3v) is 5.39. The first-order chi connectivity index (χ1) is 11.9. The van der Waals surface area contributed by atoms with Gasteiger partial charge in [0.25, 0.3) is 0 Å². The van der Waals surface area contributed by atoms with E-state index in [1.165, 1.54) is 31.4 Å². The second-order valence-electron chi connectivity index (χ2n) is 5.06. The molecule has 0 radical (unpaired) electrons. The zero-order chi connectivity index (χ0) is 18.4. The number of nitrogens with one attached hydrogen (secondary N) is 1. The van der Waals surface area contributed by atoms with E-state index in [9.17, 15) is 13.2 Å². The predicted molar refractivity (Wildman–Crippen MR) is 97.1 cm³/mol. The summed E-state index contributed by atoms with van der Waals surface area (Å²) in [6.45, 7) is 2.03. The summed E-state index contributed by atoms with van der Waals surface area (Å²) in [6.07, 6.45) is 0. The van der Waals surface area contributed by atoms with Crippen LogP contribution in [0.25, 0.3) is 0 Å². The van der Waals surface area contributed by atoms with Crippen LogP contribution in [0.2, 0.25) is 0 Å². The Hall–Kier alpha value is -1.90. The molecule has 6 nitrogen and oxygen atoms in total. The highest BCUT2D eigenvalue weighted by molar-refractivity contribution is 9.10. The highest BCUT2D eigenvalue weighted by atomic mass is 79.9. The molecule has 8 heteroatoms. The van der Waals surface area contributed by atoms with E-state index in [-0.39, 0.29) is 17.1 Å². The van der Waals surface area contributed by atoms with Gasteiger partial charge in [-0.15, -0.1) is 0 Å². The standard InChI is InChI=1S/C17H18BrNO5S/c1-3-19-25(21,22)15-7-4-12(5-8-15)17(20)24-11-13-10-14(18)6-9-16(13)23-2/h4-10,19H,3,11H2,1-2H3. The van der Waals surface area contributed by atoms with E-state index in [1.807, 2.05) is 6.07 Å². The fourth-order valence-corrected chi connectivity index (χ4v) is 3.58. The van der Waals surface area contributed by atoms with Gasteiger partial charge in [0.1, 0.15) is 12.4 Å². The van der Waals surface area contributed by atoms with Gasteiger partial charge in [-0.3, -0.25) is 0 Å². The molecule has 134 valence electrons. The molecule has 0 aliphatic rings. The number of hydrogen-bond donors (Lipinski definition) is 1. The first kappa shape index (κ1) is 19.4. The van der Waals surface area contributed by atoms with Gasteiger partial charge >= 0.3 is 5.97 Å². The minimum Gasteiger partial charge on any atom is -0.496 e. The molecule has 0 saturated carbocycles. The molecule has 0 fully saturated rings. The molecule has 0 atom stereocenters. The summed E-state index contributed by atoms with van der Waals surface area (Å²) >= 11 is 3.36. The number of benzene rings is 2. The first-order valence-electron chi connectivity index (χ1n) is 7.46. The number of esters is 1. The highest BCUT2D eigenvalue weighted by Crippen LogP contribution is 2.24. The Kier molecular flexibility index (Phi) is 6.57. The number of carbonyl (C=O) groups excluding carboxylic acids is 1. The van der Waals surface area contributed by atoms with Crippen molar-refractivity contribution in [2.45, 2.75) is 18.4 Å². The van der Waals surface area contributed by atoms with E-state index >= 15 is 0 Å². The molecule has 0 aromatic heterocycles. The van der Waals surface area contributed by atoms with Crippen molar-refractivity contribution in [3.05, 3.63) is 58.1 Å². The largest absolute Gasteiger partial charge is 0.496 e. The molecule has 0 amide bonds. The molecule has 0 aliphatic heterocycles. The van der Waals surface area contributed by atoms with Gasteiger partial charge in [-0.1, -0.05) is 22.9 Å². The summed E-state index contributed by atoms with van der Waals surface area (Å²) in [5, 5.41) is 0. The number of rotatable bonds is 7. The minimum absolute atomic E-state index is 0.0406. The molecule has 0 bridgehead atoms. The van der Waals surface area contributed by atoms with Gasteiger partial charge in [0, 0.05) is 16.6 Å². The molecule has 25 heavy (non-hydrogen) atoms. The van der Waals surface area contributed by atoms with Crippen molar-refractivity contribution >= 4 is 31.9 Å². The molecule has 0 spiro atoms. The number of carbonyl (C=O) groups is 1. The summed E-state index contributed by atoms with van der Waals surface area (Å²) in [4.78, 5) is 12.2. The van der Waals surface area contributed by atoms with Crippen molar-refractivity contribution in [2.24, 2.45) is 0 Å². The molecule has 1 N–H and O–H groups in total. The number of methoxy groups -OCH3 is 1. The van der Waals surface area contributed by atoms with E-state index in [0.717, 1.165) is 10.0 Å². The van der Waals surface area contributed by atoms with Crippen molar-refractivity contribution in [1.82, 2.24) is 4.72 Å². The van der Waals surface area contributed by atoms with Gasteiger partial charge in [0.2, 0.25) is 10.0 Å². The quantitative estimate of drug-likeness (QED) is 0.686. The van der Waals surface area contributed by atoms with Crippen LogP contribution >= 0.6 is 15.9 Å². The lowest BCUT2D eigenvalue weighted by atomic mass is 10.2. The van der Waals surface area contributed by atoms with Gasteiger partial charge in [-0.2, -0.15) is 0 Å². The maximum Gasteiger partial charge on any atom is 0.338 e. The Morgan fingerprint density at radius 1 is 1.16 bits per heavy atom. The molecule has 2 aromatic carbocycles. The monoisotopic (exact) mass is 427 g/mol. The summed E-state index contributed by atoms with van der Waals surface area (Å²) < 4.78 is 37.5. The molecular formula is C17H18BrNO5S. The van der Waals surface area contributed by atoms with Crippen molar-refractivity contribution in [2.75, 3.05) is 13.7 Å². The highest BCUT2D eigenvalue weighted by Gasteiger charge is 2.15. The number of hydrogen-bond acceptors (Lipinski definition) is 5. The van der Waals surface area contributed by atoms with E-state index in [0.29, 0.717) is 12.3 Å². The number of halogens is 1. The van der Waals surface area contributed by atoms with Gasteiger partial charge in [-0.25, -0.2) is 17.9 Å². The third-order valence-electron chi connectivity index (χ3n) is 3.34. The fraction of sp³-hybridized carbons (Fsp3) is 0.235. The maximum absolute atomic E-state index is 12.1. The van der Waals surface area contributed by atoms with Crippen LogP contribution in [0.1, 0.15) is 22.8 Å². The van der Waals surface area contributed by atoms with E-state index < -0.39 is 16.0 Å². The normalized spacial score (nSPS) is 11.2. The lowest BCUT2D eigenvalue weighted by Gasteiger charge is -2.10. The first-order valence-corrected chi connectivity index (χ1v) is 9.74. The Labute approximate surface area is 155 Å².